The van der Waals surface area contributed by atoms with Gasteiger partial charge in [-0.25, -0.2) is 4.79 Å². The summed E-state index contributed by atoms with van der Waals surface area (Å²) in [5, 5.41) is 17.9. The first-order chi connectivity index (χ1) is 6.06. The Morgan fingerprint density at radius 2 is 2.15 bits per heavy atom. The van der Waals surface area contributed by atoms with Crippen molar-refractivity contribution < 1.29 is 19.7 Å². The van der Waals surface area contributed by atoms with Crippen LogP contribution in [0.1, 0.15) is 10.4 Å². The minimum absolute atomic E-state index is 0.0237. The van der Waals surface area contributed by atoms with Gasteiger partial charge in [0, 0.05) is 12.1 Å². The average Bonchev–Trinajstić information content (AvgIpc) is 2.02. The number of phenols is 1. The van der Waals surface area contributed by atoms with Gasteiger partial charge in [0.25, 0.3) is 0 Å². The van der Waals surface area contributed by atoms with Crippen LogP contribution in [-0.4, -0.2) is 23.3 Å². The number of aromatic hydroxyl groups is 1. The minimum Gasteiger partial charge on any atom is -0.507 e. The highest BCUT2D eigenvalue weighted by Gasteiger charge is 2.14. The van der Waals surface area contributed by atoms with Crippen molar-refractivity contribution in [2.45, 2.75) is 0 Å². The van der Waals surface area contributed by atoms with Crippen molar-refractivity contribution in [2.75, 3.05) is 12.8 Å². The number of hydrogen-bond donors (Lipinski definition) is 3. The molecule has 1 aromatic carbocycles. The molecule has 1 rings (SSSR count). The lowest BCUT2D eigenvalue weighted by Crippen LogP contribution is -2.03. The smallest absolute Gasteiger partial charge is 0.341 e. The molecule has 0 fully saturated rings. The van der Waals surface area contributed by atoms with Gasteiger partial charge in [-0.3, -0.25) is 0 Å². The second-order valence-electron chi connectivity index (χ2n) is 2.42. The molecule has 0 aliphatic carbocycles. The molecule has 13 heavy (non-hydrogen) atoms. The molecule has 0 unspecified atom stereocenters. The number of anilines is 1. The zero-order valence-electron chi connectivity index (χ0n) is 6.94. The highest BCUT2D eigenvalue weighted by molar-refractivity contribution is 5.97. The lowest BCUT2D eigenvalue weighted by Gasteiger charge is -2.06. The Morgan fingerprint density at radius 1 is 1.54 bits per heavy atom. The van der Waals surface area contributed by atoms with Crippen LogP contribution < -0.4 is 10.5 Å². The molecule has 4 N–H and O–H groups in total. The van der Waals surface area contributed by atoms with E-state index in [1.165, 1.54) is 19.2 Å². The van der Waals surface area contributed by atoms with E-state index < -0.39 is 11.7 Å². The van der Waals surface area contributed by atoms with E-state index in [0.29, 0.717) is 5.75 Å². The van der Waals surface area contributed by atoms with Gasteiger partial charge in [-0.2, -0.15) is 0 Å². The Balaban J connectivity index is 3.31. The van der Waals surface area contributed by atoms with Crippen LogP contribution >= 0.6 is 0 Å². The Labute approximate surface area is 74.4 Å². The number of aromatic carboxylic acids is 1. The third kappa shape index (κ3) is 1.64. The zero-order valence-corrected chi connectivity index (χ0v) is 6.94. The number of nitrogens with two attached hydrogens (primary N) is 1. The summed E-state index contributed by atoms with van der Waals surface area (Å²) in [6.07, 6.45) is 0. The van der Waals surface area contributed by atoms with E-state index in [4.69, 9.17) is 15.6 Å². The summed E-state index contributed by atoms with van der Waals surface area (Å²) in [5.41, 5.74) is 5.05. The predicted molar refractivity (Wildman–Crippen MR) is 46.0 cm³/mol. The number of carboxylic acids is 1. The molecule has 5 nitrogen and oxygen atoms in total. The first-order valence-electron chi connectivity index (χ1n) is 3.46. The fourth-order valence-corrected chi connectivity index (χ4v) is 0.973. The monoisotopic (exact) mass is 183 g/mol. The van der Waals surface area contributed by atoms with Gasteiger partial charge in [-0.15, -0.1) is 0 Å². The van der Waals surface area contributed by atoms with Gasteiger partial charge in [-0.05, 0) is 0 Å². The number of methoxy groups -OCH3 is 1. The van der Waals surface area contributed by atoms with Crippen molar-refractivity contribution in [1.29, 1.82) is 0 Å². The normalized spacial score (nSPS) is 9.62. The molecule has 0 saturated heterocycles. The molecule has 0 aliphatic heterocycles. The fraction of sp³-hybridized carbons (Fsp3) is 0.125. The molecule has 5 heteroatoms. The summed E-state index contributed by atoms with van der Waals surface area (Å²) in [4.78, 5) is 10.6. The number of ether oxygens (including phenoxy) is 1. The number of nitrogen functional groups attached to an aromatic ring is 1. The molecule has 0 aromatic heterocycles. The minimum atomic E-state index is -1.27. The highest BCUT2D eigenvalue weighted by Crippen LogP contribution is 2.29. The topological polar surface area (TPSA) is 92.8 Å². The molecule has 0 radical (unpaired) electrons. The average molecular weight is 183 g/mol. The number of benzene rings is 1. The molecule has 0 atom stereocenters. The highest BCUT2D eigenvalue weighted by atomic mass is 16.5. The van der Waals surface area contributed by atoms with Gasteiger partial charge in [0.1, 0.15) is 17.1 Å². The van der Waals surface area contributed by atoms with E-state index in [1.54, 1.807) is 0 Å². The number of hydrogen-bond acceptors (Lipinski definition) is 4. The van der Waals surface area contributed by atoms with Crippen LogP contribution in [0, 0.1) is 0 Å². The number of carbonyl (C=O) groups is 1. The van der Waals surface area contributed by atoms with Gasteiger partial charge in [0.15, 0.2) is 0 Å². The summed E-state index contributed by atoms with van der Waals surface area (Å²) in [6.45, 7) is 0. The van der Waals surface area contributed by atoms with Crippen molar-refractivity contribution in [2.24, 2.45) is 0 Å². The lowest BCUT2D eigenvalue weighted by molar-refractivity contribution is 0.0695. The van der Waals surface area contributed by atoms with E-state index in [-0.39, 0.29) is 11.3 Å². The second kappa shape index (κ2) is 3.22. The fourth-order valence-electron chi connectivity index (χ4n) is 0.973. The van der Waals surface area contributed by atoms with Gasteiger partial charge in [-0.1, -0.05) is 0 Å². The molecule has 0 spiro atoms. The zero-order chi connectivity index (χ0) is 10.0. The first-order valence-corrected chi connectivity index (χ1v) is 3.46. The summed E-state index contributed by atoms with van der Waals surface area (Å²) < 4.78 is 4.78. The van der Waals surface area contributed by atoms with Crippen molar-refractivity contribution in [3.8, 4) is 11.5 Å². The van der Waals surface area contributed by atoms with Gasteiger partial charge in [0.2, 0.25) is 0 Å². The summed E-state index contributed by atoms with van der Waals surface area (Å²) in [6, 6.07) is 2.53. The molecular weight excluding hydrogens is 174 g/mol. The molecule has 1 aromatic rings. The third-order valence-electron chi connectivity index (χ3n) is 1.57. The van der Waals surface area contributed by atoms with E-state index in [9.17, 15) is 9.90 Å². The van der Waals surface area contributed by atoms with E-state index >= 15 is 0 Å². The van der Waals surface area contributed by atoms with E-state index in [2.05, 4.69) is 0 Å². The van der Waals surface area contributed by atoms with Crippen molar-refractivity contribution >= 4 is 11.7 Å². The Kier molecular flexibility index (Phi) is 2.27. The van der Waals surface area contributed by atoms with Crippen LogP contribution in [-0.2, 0) is 0 Å². The van der Waals surface area contributed by atoms with E-state index in [0.717, 1.165) is 0 Å². The van der Waals surface area contributed by atoms with Crippen LogP contribution in [0.25, 0.3) is 0 Å². The van der Waals surface area contributed by atoms with Gasteiger partial charge >= 0.3 is 5.97 Å². The molecule has 70 valence electrons. The van der Waals surface area contributed by atoms with Gasteiger partial charge in [0.05, 0.1) is 12.8 Å². The maximum Gasteiger partial charge on any atom is 0.341 e. The predicted octanol–water partition coefficient (Wildman–Crippen LogP) is 0.681. The van der Waals surface area contributed by atoms with E-state index in [1.807, 2.05) is 0 Å². The third-order valence-corrected chi connectivity index (χ3v) is 1.57. The van der Waals surface area contributed by atoms with Gasteiger partial charge < -0.3 is 20.7 Å². The summed E-state index contributed by atoms with van der Waals surface area (Å²) in [5.74, 6) is -1.35. The SMILES string of the molecule is COc1cc(N)c(C(=O)O)c(O)c1. The second-order valence-corrected chi connectivity index (χ2v) is 2.42. The number of carboxylic acid groups (broad SMARTS) is 1. The summed E-state index contributed by atoms with van der Waals surface area (Å²) in [7, 11) is 1.40. The Hall–Kier alpha value is -1.91. The Bertz CT molecular complexity index is 325. The Morgan fingerprint density at radius 3 is 2.54 bits per heavy atom. The van der Waals surface area contributed by atoms with Crippen LogP contribution in [0.2, 0.25) is 0 Å². The molecular formula is C8H9NO4. The maximum absolute atomic E-state index is 10.6. The van der Waals surface area contributed by atoms with Crippen molar-refractivity contribution in [3.05, 3.63) is 17.7 Å². The number of rotatable bonds is 2. The van der Waals surface area contributed by atoms with Crippen molar-refractivity contribution in [1.82, 2.24) is 0 Å². The van der Waals surface area contributed by atoms with Crippen LogP contribution in [0.4, 0.5) is 5.69 Å². The summed E-state index contributed by atoms with van der Waals surface area (Å²) >= 11 is 0. The van der Waals surface area contributed by atoms with Crippen molar-refractivity contribution in [3.63, 3.8) is 0 Å². The quantitative estimate of drug-likeness (QED) is 0.586. The maximum atomic E-state index is 10.6. The first kappa shape index (κ1) is 9.18. The van der Waals surface area contributed by atoms with Crippen LogP contribution in [0.3, 0.4) is 0 Å². The lowest BCUT2D eigenvalue weighted by atomic mass is 10.1. The van der Waals surface area contributed by atoms with Crippen LogP contribution in [0.5, 0.6) is 11.5 Å². The standard InChI is InChI=1S/C8H9NO4/c1-13-4-2-5(9)7(8(11)12)6(10)3-4/h2-3,10H,9H2,1H3,(H,11,12). The van der Waals surface area contributed by atoms with Crippen LogP contribution in [0.15, 0.2) is 12.1 Å². The molecule has 0 amide bonds. The molecule has 0 saturated carbocycles. The molecule has 0 heterocycles. The largest absolute Gasteiger partial charge is 0.507 e. The molecule has 0 aliphatic rings. The molecule has 0 bridgehead atoms.